The number of likely N-dealkylation sites (tertiary alicyclic amines) is 1. The molecule has 132 valence electrons. The van der Waals surface area contributed by atoms with E-state index in [9.17, 15) is 9.59 Å². The molecule has 3 rings (SSSR count). The van der Waals surface area contributed by atoms with Gasteiger partial charge in [-0.15, -0.1) is 0 Å². The minimum atomic E-state index is -0.346. The first-order valence-electron chi connectivity index (χ1n) is 8.47. The molecule has 1 unspecified atom stereocenters. The molecule has 1 aromatic heterocycles. The summed E-state index contributed by atoms with van der Waals surface area (Å²) in [4.78, 5) is 28.3. The zero-order chi connectivity index (χ0) is 18.1. The van der Waals surface area contributed by atoms with Crippen molar-refractivity contribution in [2.24, 2.45) is 5.73 Å². The van der Waals surface area contributed by atoms with Crippen LogP contribution in [0.4, 0.5) is 5.69 Å². The van der Waals surface area contributed by atoms with E-state index >= 15 is 0 Å². The van der Waals surface area contributed by atoms with E-state index in [0.717, 1.165) is 46.4 Å². The van der Waals surface area contributed by atoms with E-state index in [-0.39, 0.29) is 24.3 Å². The number of aryl methyl sites for hydroxylation is 2. The maximum Gasteiger partial charge on any atom is 0.246 e. The van der Waals surface area contributed by atoms with E-state index in [1.807, 2.05) is 19.1 Å². The molecule has 1 saturated heterocycles. The number of H-pyrrole nitrogens is 1. The molecular formula is C19H24N4O2. The second kappa shape index (κ2) is 6.63. The number of amides is 2. The number of primary amides is 1. The Morgan fingerprint density at radius 3 is 2.88 bits per heavy atom. The van der Waals surface area contributed by atoms with Gasteiger partial charge in [-0.25, -0.2) is 0 Å². The number of nitrogens with two attached hydrogens (primary N) is 1. The number of carbonyl (C=O) groups excluding carboxylic acids is 2. The van der Waals surface area contributed by atoms with Crippen LogP contribution in [-0.2, 0) is 16.0 Å². The monoisotopic (exact) mass is 340 g/mol. The van der Waals surface area contributed by atoms with E-state index in [1.54, 1.807) is 4.90 Å². The van der Waals surface area contributed by atoms with Crippen LogP contribution in [-0.4, -0.2) is 40.8 Å². The fraction of sp³-hybridized carbons (Fsp3) is 0.368. The number of rotatable bonds is 5. The second-order valence-electron chi connectivity index (χ2n) is 6.66. The molecule has 1 atom stereocenters. The Morgan fingerprint density at radius 2 is 2.20 bits per heavy atom. The molecule has 6 nitrogen and oxygen atoms in total. The lowest BCUT2D eigenvalue weighted by molar-refractivity contribution is -0.125. The van der Waals surface area contributed by atoms with E-state index in [4.69, 9.17) is 5.73 Å². The second-order valence-corrected chi connectivity index (χ2v) is 6.66. The fourth-order valence-corrected chi connectivity index (χ4v) is 3.53. The van der Waals surface area contributed by atoms with Crippen molar-refractivity contribution >= 4 is 28.4 Å². The predicted molar refractivity (Wildman–Crippen MR) is 99.5 cm³/mol. The zero-order valence-electron chi connectivity index (χ0n) is 14.7. The Kier molecular flexibility index (Phi) is 4.53. The number of anilines is 1. The van der Waals surface area contributed by atoms with Crippen molar-refractivity contribution in [3.05, 3.63) is 41.6 Å². The van der Waals surface area contributed by atoms with Crippen molar-refractivity contribution in [2.75, 3.05) is 18.4 Å². The average molecular weight is 340 g/mol. The molecule has 0 radical (unpaired) electrons. The van der Waals surface area contributed by atoms with Crippen molar-refractivity contribution in [1.29, 1.82) is 0 Å². The van der Waals surface area contributed by atoms with Gasteiger partial charge in [0.2, 0.25) is 11.8 Å². The first kappa shape index (κ1) is 17.1. The largest absolute Gasteiger partial charge is 0.380 e. The van der Waals surface area contributed by atoms with E-state index in [1.165, 1.54) is 6.08 Å². The normalized spacial score (nSPS) is 17.0. The van der Waals surface area contributed by atoms with Crippen LogP contribution in [0.25, 0.3) is 10.9 Å². The first-order chi connectivity index (χ1) is 11.9. The van der Waals surface area contributed by atoms with Crippen LogP contribution in [0.3, 0.4) is 0 Å². The van der Waals surface area contributed by atoms with Crippen molar-refractivity contribution in [2.45, 2.75) is 32.7 Å². The van der Waals surface area contributed by atoms with Crippen molar-refractivity contribution in [1.82, 2.24) is 9.88 Å². The molecule has 4 N–H and O–H groups in total. The number of nitrogens with zero attached hydrogens (tertiary/aromatic N) is 1. The van der Waals surface area contributed by atoms with Crippen molar-refractivity contribution in [3.8, 4) is 0 Å². The molecule has 25 heavy (non-hydrogen) atoms. The van der Waals surface area contributed by atoms with Gasteiger partial charge in [0.1, 0.15) is 0 Å². The molecule has 0 saturated carbocycles. The van der Waals surface area contributed by atoms with Crippen LogP contribution < -0.4 is 11.1 Å². The van der Waals surface area contributed by atoms with Gasteiger partial charge in [-0.2, -0.15) is 0 Å². The number of hydrogen-bond acceptors (Lipinski definition) is 3. The van der Waals surface area contributed by atoms with Gasteiger partial charge in [-0.1, -0.05) is 12.6 Å². The highest BCUT2D eigenvalue weighted by Crippen LogP contribution is 2.32. The molecule has 6 heteroatoms. The smallest absolute Gasteiger partial charge is 0.246 e. The summed E-state index contributed by atoms with van der Waals surface area (Å²) in [6, 6.07) is 4.13. The molecule has 0 aliphatic carbocycles. The maximum atomic E-state index is 11.8. The Bertz CT molecular complexity index is 853. The summed E-state index contributed by atoms with van der Waals surface area (Å²) in [6.45, 7) is 9.03. The summed E-state index contributed by atoms with van der Waals surface area (Å²) in [5.74, 6) is -0.374. The third-order valence-corrected chi connectivity index (χ3v) is 4.94. The quantitative estimate of drug-likeness (QED) is 0.727. The van der Waals surface area contributed by atoms with Crippen LogP contribution in [0.15, 0.2) is 24.8 Å². The molecule has 0 bridgehead atoms. The van der Waals surface area contributed by atoms with Gasteiger partial charge in [-0.05, 0) is 43.5 Å². The lowest BCUT2D eigenvalue weighted by atomic mass is 10.0. The van der Waals surface area contributed by atoms with E-state index in [2.05, 4.69) is 23.8 Å². The molecule has 1 aromatic carbocycles. The number of hydrogen-bond donors (Lipinski definition) is 3. The highest BCUT2D eigenvalue weighted by atomic mass is 16.2. The number of aromatic amines is 1. The summed E-state index contributed by atoms with van der Waals surface area (Å²) >= 11 is 0. The highest BCUT2D eigenvalue weighted by molar-refractivity contribution is 5.99. The predicted octanol–water partition coefficient (Wildman–Crippen LogP) is 2.01. The third-order valence-electron chi connectivity index (χ3n) is 4.94. The Balaban J connectivity index is 1.91. The van der Waals surface area contributed by atoms with Crippen LogP contribution in [0.5, 0.6) is 0 Å². The molecule has 2 heterocycles. The van der Waals surface area contributed by atoms with Gasteiger partial charge in [-0.3, -0.25) is 9.59 Å². The lowest BCUT2D eigenvalue weighted by Crippen LogP contribution is -2.30. The third kappa shape index (κ3) is 3.24. The molecule has 0 spiro atoms. The molecule has 2 amide bonds. The Morgan fingerprint density at radius 1 is 1.44 bits per heavy atom. The summed E-state index contributed by atoms with van der Waals surface area (Å²) in [5.41, 5.74) is 10.5. The summed E-state index contributed by atoms with van der Waals surface area (Å²) < 4.78 is 0. The summed E-state index contributed by atoms with van der Waals surface area (Å²) in [7, 11) is 0. The first-order valence-corrected chi connectivity index (χ1v) is 8.47. The number of benzene rings is 1. The molecule has 1 aliphatic rings. The van der Waals surface area contributed by atoms with Gasteiger partial charge in [0.05, 0.1) is 11.9 Å². The molecule has 1 fully saturated rings. The molecule has 1 aliphatic heterocycles. The van der Waals surface area contributed by atoms with Gasteiger partial charge in [0.15, 0.2) is 0 Å². The zero-order valence-corrected chi connectivity index (χ0v) is 14.7. The van der Waals surface area contributed by atoms with E-state index in [0.29, 0.717) is 6.54 Å². The Hall–Kier alpha value is -2.76. The van der Waals surface area contributed by atoms with E-state index < -0.39 is 0 Å². The SMILES string of the molecule is C=CC(=O)N1CCC(Nc2ccc(CC(N)=O)c3[nH]c(C)c(C)c23)C1. The Labute approximate surface area is 147 Å². The highest BCUT2D eigenvalue weighted by Gasteiger charge is 2.25. The summed E-state index contributed by atoms with van der Waals surface area (Å²) in [6.07, 6.45) is 2.46. The van der Waals surface area contributed by atoms with Crippen molar-refractivity contribution in [3.63, 3.8) is 0 Å². The minimum Gasteiger partial charge on any atom is -0.380 e. The standard InChI is InChI=1S/C19H24N4O2/c1-4-17(25)23-8-7-14(10-23)22-15-6-5-13(9-16(20)24)19-18(15)11(2)12(3)21-19/h4-6,14,21-22H,1,7-10H2,2-3H3,(H2,20,24). The van der Waals surface area contributed by atoms with Crippen LogP contribution in [0.2, 0.25) is 0 Å². The number of nitrogens with one attached hydrogen (secondary N) is 2. The summed E-state index contributed by atoms with van der Waals surface area (Å²) in [5, 5.41) is 4.65. The van der Waals surface area contributed by atoms with Gasteiger partial charge in [0, 0.05) is 35.9 Å². The molecular weight excluding hydrogens is 316 g/mol. The van der Waals surface area contributed by atoms with Crippen LogP contribution in [0, 0.1) is 13.8 Å². The maximum absolute atomic E-state index is 11.8. The van der Waals surface area contributed by atoms with Crippen molar-refractivity contribution < 1.29 is 9.59 Å². The average Bonchev–Trinajstić information content (AvgIpc) is 3.15. The topological polar surface area (TPSA) is 91.2 Å². The number of carbonyl (C=O) groups is 2. The van der Waals surface area contributed by atoms with Gasteiger partial charge in [0.25, 0.3) is 0 Å². The number of fused-ring (bicyclic) bond motifs is 1. The fourth-order valence-electron chi connectivity index (χ4n) is 3.53. The lowest BCUT2D eigenvalue weighted by Gasteiger charge is -2.18. The number of aromatic nitrogens is 1. The van der Waals surface area contributed by atoms with Crippen LogP contribution >= 0.6 is 0 Å². The minimum absolute atomic E-state index is 0.0278. The molecule has 2 aromatic rings. The van der Waals surface area contributed by atoms with Crippen LogP contribution in [0.1, 0.15) is 23.2 Å². The van der Waals surface area contributed by atoms with Gasteiger partial charge >= 0.3 is 0 Å². The van der Waals surface area contributed by atoms with Gasteiger partial charge < -0.3 is 20.9 Å².